The molecular weight excluding hydrogens is 321 g/mol. The second kappa shape index (κ2) is 3.75. The summed E-state index contributed by atoms with van der Waals surface area (Å²) >= 11 is 2.01. The van der Waals surface area contributed by atoms with Crippen molar-refractivity contribution >= 4 is 39.7 Å². The number of pyridine rings is 1. The Bertz CT molecular complexity index is 640. The van der Waals surface area contributed by atoms with Crippen LogP contribution in [0.15, 0.2) is 12.1 Å². The minimum atomic E-state index is -1.15. The second-order valence-electron chi connectivity index (χ2n) is 3.06. The summed E-state index contributed by atoms with van der Waals surface area (Å²) < 4.78 is 1.71. The van der Waals surface area contributed by atoms with E-state index in [1.807, 2.05) is 28.7 Å². The van der Waals surface area contributed by atoms with Gasteiger partial charge in [0.25, 0.3) is 0 Å². The maximum absolute atomic E-state index is 11.0. The van der Waals surface area contributed by atoms with Crippen molar-refractivity contribution in [1.82, 2.24) is 9.55 Å². The van der Waals surface area contributed by atoms with Crippen LogP contribution in [0.4, 0.5) is 4.79 Å². The fourth-order valence-electron chi connectivity index (χ4n) is 1.44. The van der Waals surface area contributed by atoms with Crippen molar-refractivity contribution in [3.05, 3.63) is 34.0 Å². The van der Waals surface area contributed by atoms with E-state index < -0.39 is 6.09 Å². The van der Waals surface area contributed by atoms with Crippen molar-refractivity contribution in [2.75, 3.05) is 0 Å². The Morgan fingerprint density at radius 1 is 1.62 bits per heavy atom. The highest BCUT2D eigenvalue weighted by Gasteiger charge is 2.17. The van der Waals surface area contributed by atoms with Crippen LogP contribution in [0.5, 0.6) is 0 Å². The number of nitrogens with zero attached hydrogens (tertiary/aromatic N) is 3. The van der Waals surface area contributed by atoms with Gasteiger partial charge in [-0.05, 0) is 41.6 Å². The summed E-state index contributed by atoms with van der Waals surface area (Å²) in [6.07, 6.45) is -1.15. The van der Waals surface area contributed by atoms with Gasteiger partial charge < -0.3 is 5.11 Å². The summed E-state index contributed by atoms with van der Waals surface area (Å²) in [6, 6.07) is 5.10. The molecule has 0 amide bonds. The quantitative estimate of drug-likeness (QED) is 0.753. The molecule has 0 aliphatic carbocycles. The molecule has 2 heterocycles. The lowest BCUT2D eigenvalue weighted by Crippen LogP contribution is -2.10. The van der Waals surface area contributed by atoms with Crippen molar-refractivity contribution in [3.63, 3.8) is 0 Å². The van der Waals surface area contributed by atoms with Gasteiger partial charge in [0.15, 0.2) is 5.65 Å². The zero-order valence-electron chi connectivity index (χ0n) is 7.94. The fourth-order valence-corrected chi connectivity index (χ4v) is 2.10. The molecule has 16 heavy (non-hydrogen) atoms. The highest BCUT2D eigenvalue weighted by Crippen LogP contribution is 2.25. The molecule has 0 aliphatic heterocycles. The van der Waals surface area contributed by atoms with Crippen LogP contribution in [-0.2, 0) is 0 Å². The predicted octanol–water partition coefficient (Wildman–Crippen LogP) is 2.22. The molecule has 2 rings (SSSR count). The molecule has 0 saturated heterocycles. The molecule has 1 N–H and O–H groups in total. The van der Waals surface area contributed by atoms with E-state index >= 15 is 0 Å². The van der Waals surface area contributed by atoms with E-state index in [0.29, 0.717) is 11.1 Å². The van der Waals surface area contributed by atoms with E-state index in [1.54, 1.807) is 12.1 Å². The van der Waals surface area contributed by atoms with Crippen LogP contribution >= 0.6 is 22.6 Å². The maximum Gasteiger partial charge on any atom is 0.417 e. The minimum Gasteiger partial charge on any atom is -0.464 e. The Kier molecular flexibility index (Phi) is 2.55. The summed E-state index contributed by atoms with van der Waals surface area (Å²) in [4.78, 5) is 15.0. The summed E-state index contributed by atoms with van der Waals surface area (Å²) in [5.41, 5.74) is 0.801. The van der Waals surface area contributed by atoms with E-state index in [1.165, 1.54) is 0 Å². The molecule has 79 valence electrons. The van der Waals surface area contributed by atoms with Gasteiger partial charge in [0.05, 0.1) is 0 Å². The molecule has 2 aromatic rings. The van der Waals surface area contributed by atoms with Crippen molar-refractivity contribution in [3.8, 4) is 6.07 Å². The van der Waals surface area contributed by atoms with Gasteiger partial charge in [-0.15, -0.1) is 0 Å². The zero-order chi connectivity index (χ0) is 11.9. The molecule has 5 nitrogen and oxygen atoms in total. The summed E-state index contributed by atoms with van der Waals surface area (Å²) in [5, 5.41) is 18.4. The molecule has 2 aromatic heterocycles. The van der Waals surface area contributed by atoms with Gasteiger partial charge >= 0.3 is 6.09 Å². The van der Waals surface area contributed by atoms with Gasteiger partial charge in [-0.2, -0.15) is 5.26 Å². The summed E-state index contributed by atoms with van der Waals surface area (Å²) in [7, 11) is 0. The Morgan fingerprint density at radius 2 is 2.31 bits per heavy atom. The van der Waals surface area contributed by atoms with Crippen molar-refractivity contribution in [2.45, 2.75) is 0 Å². The third-order valence-corrected chi connectivity index (χ3v) is 3.36. The average Bonchev–Trinajstić information content (AvgIpc) is 2.51. The molecule has 0 spiro atoms. The standard InChI is InChI=1S/C10H5IN3O2/c1-5-8(11)7-3-2-6(4-12)13-9(7)14(5)10(15)16/h2-3H,1H2,(H,15,16). The second-order valence-corrected chi connectivity index (χ2v) is 4.14. The molecular formula is C10H5IN3O2. The number of rotatable bonds is 0. The Morgan fingerprint density at radius 3 is 2.88 bits per heavy atom. The van der Waals surface area contributed by atoms with E-state index in [4.69, 9.17) is 10.4 Å². The monoisotopic (exact) mass is 326 g/mol. The van der Waals surface area contributed by atoms with Gasteiger partial charge in [-0.25, -0.2) is 14.3 Å². The van der Waals surface area contributed by atoms with E-state index in [-0.39, 0.29) is 11.3 Å². The third-order valence-electron chi connectivity index (χ3n) is 2.15. The topological polar surface area (TPSA) is 78.9 Å². The molecule has 1 radical (unpaired) electrons. The predicted molar refractivity (Wildman–Crippen MR) is 65.0 cm³/mol. The van der Waals surface area contributed by atoms with Gasteiger partial charge in [0.2, 0.25) is 0 Å². The number of carboxylic acid groups (broad SMARTS) is 1. The van der Waals surface area contributed by atoms with Crippen LogP contribution in [0.1, 0.15) is 11.4 Å². The van der Waals surface area contributed by atoms with Gasteiger partial charge in [0, 0.05) is 14.7 Å². The summed E-state index contributed by atoms with van der Waals surface area (Å²) in [6.45, 7) is 3.69. The largest absolute Gasteiger partial charge is 0.464 e. The van der Waals surface area contributed by atoms with Crippen LogP contribution in [-0.4, -0.2) is 20.8 Å². The maximum atomic E-state index is 11.0. The Hall–Kier alpha value is -1.62. The number of aromatic nitrogens is 2. The van der Waals surface area contributed by atoms with Gasteiger partial charge in [-0.3, -0.25) is 0 Å². The fraction of sp³-hybridized carbons (Fsp3) is 0. The molecule has 0 aliphatic rings. The third kappa shape index (κ3) is 1.44. The average molecular weight is 326 g/mol. The normalized spacial score (nSPS) is 10.3. The van der Waals surface area contributed by atoms with E-state index in [9.17, 15) is 4.79 Å². The van der Waals surface area contributed by atoms with Crippen molar-refractivity contribution < 1.29 is 9.90 Å². The first kappa shape index (κ1) is 10.9. The molecule has 0 aromatic carbocycles. The summed E-state index contributed by atoms with van der Waals surface area (Å²) in [5.74, 6) is 0. The number of hydrogen-bond acceptors (Lipinski definition) is 3. The first-order chi connectivity index (χ1) is 7.56. The van der Waals surface area contributed by atoms with Crippen LogP contribution in [0.2, 0.25) is 0 Å². The number of carbonyl (C=O) groups is 1. The lowest BCUT2D eigenvalue weighted by molar-refractivity contribution is 0.197. The first-order valence-electron chi connectivity index (χ1n) is 4.22. The molecule has 0 unspecified atom stereocenters. The minimum absolute atomic E-state index is 0.184. The van der Waals surface area contributed by atoms with Crippen LogP contribution in [0.3, 0.4) is 0 Å². The lowest BCUT2D eigenvalue weighted by Gasteiger charge is -1.99. The molecule has 6 heteroatoms. The van der Waals surface area contributed by atoms with Gasteiger partial charge in [-0.1, -0.05) is 0 Å². The van der Waals surface area contributed by atoms with Crippen LogP contribution < -0.4 is 0 Å². The van der Waals surface area contributed by atoms with Gasteiger partial charge in [0.1, 0.15) is 11.8 Å². The van der Waals surface area contributed by atoms with E-state index in [0.717, 1.165) is 8.14 Å². The van der Waals surface area contributed by atoms with E-state index in [2.05, 4.69) is 11.9 Å². The Labute approximate surface area is 104 Å². The van der Waals surface area contributed by atoms with Crippen LogP contribution in [0, 0.1) is 21.8 Å². The highest BCUT2D eigenvalue weighted by molar-refractivity contribution is 14.1. The smallest absolute Gasteiger partial charge is 0.417 e. The SMILES string of the molecule is [CH2]c1c(I)c2ccc(C#N)nc2n1C(=O)O. The Balaban J connectivity index is 2.93. The molecule has 0 fully saturated rings. The number of fused-ring (bicyclic) bond motifs is 1. The first-order valence-corrected chi connectivity index (χ1v) is 5.30. The number of halogens is 1. The van der Waals surface area contributed by atoms with Crippen LogP contribution in [0.25, 0.3) is 11.0 Å². The van der Waals surface area contributed by atoms with Crippen molar-refractivity contribution in [2.24, 2.45) is 0 Å². The molecule has 0 saturated carbocycles. The molecule has 0 atom stereocenters. The number of hydrogen-bond donors (Lipinski definition) is 1. The zero-order valence-corrected chi connectivity index (χ0v) is 10.1. The van der Waals surface area contributed by atoms with Crippen molar-refractivity contribution in [1.29, 1.82) is 5.26 Å². The molecule has 0 bridgehead atoms. The number of nitriles is 1. The lowest BCUT2D eigenvalue weighted by atomic mass is 10.3. The highest BCUT2D eigenvalue weighted by atomic mass is 127.